The molecular formula is C14H17N3O2. The van der Waals surface area contributed by atoms with Crippen LogP contribution in [0.5, 0.6) is 0 Å². The summed E-state index contributed by atoms with van der Waals surface area (Å²) in [7, 11) is 0. The van der Waals surface area contributed by atoms with E-state index < -0.39 is 0 Å². The molecule has 3 rings (SSSR count). The second kappa shape index (κ2) is 5.01. The van der Waals surface area contributed by atoms with Crippen molar-refractivity contribution in [3.63, 3.8) is 0 Å². The van der Waals surface area contributed by atoms with Gasteiger partial charge in [-0.1, -0.05) is 0 Å². The van der Waals surface area contributed by atoms with E-state index in [9.17, 15) is 9.59 Å². The topological polar surface area (TPSA) is 70.2 Å². The minimum atomic E-state index is -0.0594. The number of carbonyl (C=O) groups is 2. The smallest absolute Gasteiger partial charge is 0.251 e. The average molecular weight is 259 g/mol. The molecule has 2 amide bonds. The molecule has 0 saturated carbocycles. The maximum atomic E-state index is 12.2. The molecule has 0 aliphatic carbocycles. The number of hydrogen-bond donors (Lipinski definition) is 3. The zero-order valence-corrected chi connectivity index (χ0v) is 10.7. The Hall–Kier alpha value is -1.88. The molecule has 19 heavy (non-hydrogen) atoms. The van der Waals surface area contributed by atoms with E-state index in [0.717, 1.165) is 37.2 Å². The first-order valence-corrected chi connectivity index (χ1v) is 6.67. The van der Waals surface area contributed by atoms with Crippen molar-refractivity contribution in [3.05, 3.63) is 29.3 Å². The Morgan fingerprint density at radius 2 is 2.26 bits per heavy atom. The zero-order valence-electron chi connectivity index (χ0n) is 10.7. The predicted molar refractivity (Wildman–Crippen MR) is 72.1 cm³/mol. The predicted octanol–water partition coefficient (Wildman–Crippen LogP) is 0.663. The van der Waals surface area contributed by atoms with Crippen LogP contribution >= 0.6 is 0 Å². The van der Waals surface area contributed by atoms with Crippen LogP contribution in [-0.4, -0.2) is 30.9 Å². The Balaban J connectivity index is 1.70. The van der Waals surface area contributed by atoms with Crippen molar-refractivity contribution in [1.29, 1.82) is 0 Å². The van der Waals surface area contributed by atoms with E-state index in [1.807, 2.05) is 0 Å². The second-order valence-corrected chi connectivity index (χ2v) is 5.11. The van der Waals surface area contributed by atoms with Crippen LogP contribution in [0.3, 0.4) is 0 Å². The van der Waals surface area contributed by atoms with Gasteiger partial charge in [0.05, 0.1) is 6.42 Å². The van der Waals surface area contributed by atoms with Crippen molar-refractivity contribution >= 4 is 17.5 Å². The Morgan fingerprint density at radius 1 is 1.37 bits per heavy atom. The molecule has 2 aliphatic rings. The van der Waals surface area contributed by atoms with Gasteiger partial charge in [-0.2, -0.15) is 0 Å². The lowest BCUT2D eigenvalue weighted by molar-refractivity contribution is -0.115. The Labute approximate surface area is 111 Å². The summed E-state index contributed by atoms with van der Waals surface area (Å²) in [6, 6.07) is 5.57. The molecule has 5 nitrogen and oxygen atoms in total. The fraction of sp³-hybridized carbons (Fsp3) is 0.429. The van der Waals surface area contributed by atoms with E-state index in [0.29, 0.717) is 12.0 Å². The maximum Gasteiger partial charge on any atom is 0.251 e. The Kier molecular flexibility index (Phi) is 3.21. The van der Waals surface area contributed by atoms with Crippen molar-refractivity contribution in [2.75, 3.05) is 18.4 Å². The summed E-state index contributed by atoms with van der Waals surface area (Å²) >= 11 is 0. The molecule has 2 heterocycles. The van der Waals surface area contributed by atoms with Gasteiger partial charge in [-0.3, -0.25) is 9.59 Å². The largest absolute Gasteiger partial charge is 0.348 e. The molecule has 0 bridgehead atoms. The van der Waals surface area contributed by atoms with Crippen molar-refractivity contribution in [2.45, 2.75) is 25.3 Å². The number of anilines is 1. The number of carbonyl (C=O) groups excluding carboxylic acids is 2. The standard InChI is InChI=1S/C14H17N3O2/c18-13-7-10-6-9(3-4-12(10)17-13)14(19)16-11-2-1-5-15-8-11/h3-4,6,11,15H,1-2,5,7-8H2,(H,16,19)(H,17,18)/t11-/m1/s1. The highest BCUT2D eigenvalue weighted by Crippen LogP contribution is 2.23. The lowest BCUT2D eigenvalue weighted by atomic mass is 10.1. The fourth-order valence-corrected chi connectivity index (χ4v) is 2.61. The SMILES string of the molecule is O=C1Cc2cc(C(=O)N[C@@H]3CCCNC3)ccc2N1. The van der Waals surface area contributed by atoms with Crippen LogP contribution in [0.25, 0.3) is 0 Å². The highest BCUT2D eigenvalue weighted by Gasteiger charge is 2.20. The van der Waals surface area contributed by atoms with E-state index in [-0.39, 0.29) is 17.9 Å². The lowest BCUT2D eigenvalue weighted by Gasteiger charge is -2.23. The van der Waals surface area contributed by atoms with Crippen LogP contribution < -0.4 is 16.0 Å². The Bertz CT molecular complexity index is 521. The summed E-state index contributed by atoms with van der Waals surface area (Å²) in [5.74, 6) is -0.0695. The molecule has 1 atom stereocenters. The highest BCUT2D eigenvalue weighted by atomic mass is 16.2. The minimum Gasteiger partial charge on any atom is -0.348 e. The molecule has 1 fully saturated rings. The highest BCUT2D eigenvalue weighted by molar-refractivity contribution is 6.01. The van der Waals surface area contributed by atoms with Gasteiger partial charge in [-0.15, -0.1) is 0 Å². The van der Waals surface area contributed by atoms with Crippen molar-refractivity contribution in [3.8, 4) is 0 Å². The third kappa shape index (κ3) is 2.61. The molecule has 5 heteroatoms. The number of piperidine rings is 1. The summed E-state index contributed by atoms with van der Waals surface area (Å²) in [5, 5.41) is 9.06. The van der Waals surface area contributed by atoms with Gasteiger partial charge in [0.15, 0.2) is 0 Å². The number of amides is 2. The summed E-state index contributed by atoms with van der Waals surface area (Å²) in [6.07, 6.45) is 2.47. The molecule has 3 N–H and O–H groups in total. The monoisotopic (exact) mass is 259 g/mol. The summed E-state index contributed by atoms with van der Waals surface area (Å²) in [6.45, 7) is 1.86. The molecule has 0 radical (unpaired) electrons. The summed E-state index contributed by atoms with van der Waals surface area (Å²) < 4.78 is 0. The quantitative estimate of drug-likeness (QED) is 0.731. The van der Waals surface area contributed by atoms with Gasteiger partial charge >= 0.3 is 0 Å². The lowest BCUT2D eigenvalue weighted by Crippen LogP contribution is -2.45. The molecule has 0 aromatic heterocycles. The minimum absolute atomic E-state index is 0.0101. The van der Waals surface area contributed by atoms with Gasteiger partial charge in [0, 0.05) is 23.8 Å². The van der Waals surface area contributed by atoms with Crippen LogP contribution in [0.2, 0.25) is 0 Å². The van der Waals surface area contributed by atoms with Crippen LogP contribution in [0.4, 0.5) is 5.69 Å². The molecule has 2 aliphatic heterocycles. The van der Waals surface area contributed by atoms with Gasteiger partial charge < -0.3 is 16.0 Å². The van der Waals surface area contributed by atoms with E-state index in [2.05, 4.69) is 16.0 Å². The first-order chi connectivity index (χ1) is 9.22. The van der Waals surface area contributed by atoms with Crippen LogP contribution in [-0.2, 0) is 11.2 Å². The zero-order chi connectivity index (χ0) is 13.2. The Morgan fingerprint density at radius 3 is 3.05 bits per heavy atom. The summed E-state index contributed by atoms with van der Waals surface area (Å²) in [4.78, 5) is 23.4. The summed E-state index contributed by atoms with van der Waals surface area (Å²) in [5.41, 5.74) is 2.35. The van der Waals surface area contributed by atoms with E-state index in [1.54, 1.807) is 18.2 Å². The second-order valence-electron chi connectivity index (χ2n) is 5.11. The van der Waals surface area contributed by atoms with Gasteiger partial charge in [-0.25, -0.2) is 0 Å². The van der Waals surface area contributed by atoms with Crippen LogP contribution in [0.1, 0.15) is 28.8 Å². The maximum absolute atomic E-state index is 12.2. The average Bonchev–Trinajstić information content (AvgIpc) is 2.78. The number of fused-ring (bicyclic) bond motifs is 1. The van der Waals surface area contributed by atoms with E-state index in [1.165, 1.54) is 0 Å². The molecule has 1 saturated heterocycles. The molecule has 0 unspecified atom stereocenters. The number of nitrogens with one attached hydrogen (secondary N) is 3. The van der Waals surface area contributed by atoms with Crippen LogP contribution in [0.15, 0.2) is 18.2 Å². The number of rotatable bonds is 2. The van der Waals surface area contributed by atoms with Crippen LogP contribution in [0, 0.1) is 0 Å². The first kappa shape index (κ1) is 12.2. The number of benzene rings is 1. The van der Waals surface area contributed by atoms with Crippen molar-refractivity contribution < 1.29 is 9.59 Å². The van der Waals surface area contributed by atoms with Gasteiger partial charge in [0.1, 0.15) is 0 Å². The third-order valence-corrected chi connectivity index (χ3v) is 3.62. The van der Waals surface area contributed by atoms with Gasteiger partial charge in [0.2, 0.25) is 5.91 Å². The molecule has 1 aromatic rings. The van der Waals surface area contributed by atoms with E-state index >= 15 is 0 Å². The molecule has 100 valence electrons. The first-order valence-electron chi connectivity index (χ1n) is 6.67. The third-order valence-electron chi connectivity index (χ3n) is 3.62. The molecule has 0 spiro atoms. The van der Waals surface area contributed by atoms with Crippen molar-refractivity contribution in [2.24, 2.45) is 0 Å². The normalized spacial score (nSPS) is 21.7. The van der Waals surface area contributed by atoms with Gasteiger partial charge in [0.25, 0.3) is 5.91 Å². The molecular weight excluding hydrogens is 242 g/mol. The fourth-order valence-electron chi connectivity index (χ4n) is 2.61. The van der Waals surface area contributed by atoms with E-state index in [4.69, 9.17) is 0 Å². The van der Waals surface area contributed by atoms with Gasteiger partial charge in [-0.05, 0) is 43.1 Å². The molecule has 1 aromatic carbocycles. The van der Waals surface area contributed by atoms with Crippen molar-refractivity contribution in [1.82, 2.24) is 10.6 Å². The number of hydrogen-bond acceptors (Lipinski definition) is 3.